The van der Waals surface area contributed by atoms with Gasteiger partial charge in [-0.3, -0.25) is 4.79 Å². The molecule has 3 heteroatoms. The molecule has 1 fully saturated rings. The molecule has 1 rings (SSSR count). The molecule has 1 aliphatic rings. The summed E-state index contributed by atoms with van der Waals surface area (Å²) in [5.74, 6) is -0.0945. The molecule has 0 aliphatic carbocycles. The maximum absolute atomic E-state index is 11.0. The van der Waals surface area contributed by atoms with Gasteiger partial charge in [-0.05, 0) is 19.3 Å². The quantitative estimate of drug-likeness (QED) is 0.230. The second-order valence-electron chi connectivity index (χ2n) is 6.65. The zero-order valence-electron chi connectivity index (χ0n) is 14.8. The number of carbonyl (C=O) groups is 1. The Balaban J connectivity index is 1.77. The highest BCUT2D eigenvalue weighted by molar-refractivity contribution is 5.68. The maximum Gasteiger partial charge on any atom is 0.305 e. The third kappa shape index (κ3) is 10.2. The third-order valence-electron chi connectivity index (χ3n) is 4.63. The number of methoxy groups -OCH3 is 1. The molecule has 0 spiro atoms. The van der Waals surface area contributed by atoms with E-state index in [1.54, 1.807) is 0 Å². The van der Waals surface area contributed by atoms with Gasteiger partial charge in [0.05, 0.1) is 19.3 Å². The summed E-state index contributed by atoms with van der Waals surface area (Å²) in [7, 11) is 1.45. The van der Waals surface area contributed by atoms with Crippen molar-refractivity contribution in [2.75, 3.05) is 7.11 Å². The Kier molecular flexibility index (Phi) is 11.4. The number of hydrogen-bond acceptors (Lipinski definition) is 3. The van der Waals surface area contributed by atoms with Crippen LogP contribution in [0.5, 0.6) is 0 Å². The summed E-state index contributed by atoms with van der Waals surface area (Å²) in [5, 5.41) is 0. The predicted octanol–water partition coefficient (Wildman–Crippen LogP) is 5.41. The highest BCUT2D eigenvalue weighted by Gasteiger charge is 2.36. The van der Waals surface area contributed by atoms with E-state index in [-0.39, 0.29) is 5.97 Å². The van der Waals surface area contributed by atoms with Crippen LogP contribution in [-0.2, 0) is 14.3 Å². The lowest BCUT2D eigenvalue weighted by molar-refractivity contribution is -0.140. The third-order valence-corrected chi connectivity index (χ3v) is 4.63. The van der Waals surface area contributed by atoms with Crippen molar-refractivity contribution in [2.24, 2.45) is 0 Å². The van der Waals surface area contributed by atoms with E-state index >= 15 is 0 Å². The summed E-state index contributed by atoms with van der Waals surface area (Å²) in [4.78, 5) is 11.0. The molecule has 0 bridgehead atoms. The molecule has 0 aromatic rings. The van der Waals surface area contributed by atoms with Gasteiger partial charge in [-0.15, -0.1) is 0 Å². The first-order valence-electron chi connectivity index (χ1n) is 9.50. The van der Waals surface area contributed by atoms with Gasteiger partial charge in [-0.1, -0.05) is 71.1 Å². The normalized spacial score (nSPS) is 20.1. The van der Waals surface area contributed by atoms with Gasteiger partial charge in [0.2, 0.25) is 0 Å². The van der Waals surface area contributed by atoms with Crippen LogP contribution in [-0.4, -0.2) is 25.3 Å². The lowest BCUT2D eigenvalue weighted by Crippen LogP contribution is -2.00. The molecule has 0 aromatic heterocycles. The van der Waals surface area contributed by atoms with Crippen molar-refractivity contribution < 1.29 is 14.3 Å². The molecule has 0 radical (unpaired) electrons. The van der Waals surface area contributed by atoms with E-state index < -0.39 is 0 Å². The van der Waals surface area contributed by atoms with Crippen molar-refractivity contribution in [2.45, 2.75) is 109 Å². The van der Waals surface area contributed by atoms with E-state index in [1.165, 1.54) is 71.3 Å². The number of carbonyl (C=O) groups excluding carboxylic acids is 1. The van der Waals surface area contributed by atoms with Gasteiger partial charge >= 0.3 is 5.97 Å². The minimum Gasteiger partial charge on any atom is -0.469 e. The molecule has 0 saturated carbocycles. The smallest absolute Gasteiger partial charge is 0.305 e. The SMILES string of the molecule is CCCCCCCCCCC[C@@H]1O[C@H]1CCCCC(=O)OC. The number of rotatable bonds is 15. The second kappa shape index (κ2) is 12.9. The first kappa shape index (κ1) is 19.5. The first-order valence-corrected chi connectivity index (χ1v) is 9.50. The number of epoxide rings is 1. The minimum absolute atomic E-state index is 0.0945. The highest BCUT2D eigenvalue weighted by atomic mass is 16.6. The molecule has 2 atom stereocenters. The Morgan fingerprint density at radius 1 is 0.818 bits per heavy atom. The summed E-state index contributed by atoms with van der Waals surface area (Å²) >= 11 is 0. The lowest BCUT2D eigenvalue weighted by atomic mass is 10.0. The van der Waals surface area contributed by atoms with Gasteiger partial charge in [-0.25, -0.2) is 0 Å². The maximum atomic E-state index is 11.0. The van der Waals surface area contributed by atoms with Gasteiger partial charge in [-0.2, -0.15) is 0 Å². The van der Waals surface area contributed by atoms with Crippen LogP contribution in [0.4, 0.5) is 0 Å². The van der Waals surface area contributed by atoms with Crippen molar-refractivity contribution in [3.63, 3.8) is 0 Å². The van der Waals surface area contributed by atoms with Crippen molar-refractivity contribution in [1.29, 1.82) is 0 Å². The summed E-state index contributed by atoms with van der Waals surface area (Å²) in [6, 6.07) is 0. The number of esters is 1. The van der Waals surface area contributed by atoms with Crippen LogP contribution in [0.2, 0.25) is 0 Å². The van der Waals surface area contributed by atoms with Crippen LogP contribution in [0.25, 0.3) is 0 Å². The molecule has 1 heterocycles. The fraction of sp³-hybridized carbons (Fsp3) is 0.947. The van der Waals surface area contributed by atoms with Crippen molar-refractivity contribution in [1.82, 2.24) is 0 Å². The molecular formula is C19H36O3. The summed E-state index contributed by atoms with van der Waals surface area (Å²) in [6.45, 7) is 2.27. The molecule has 0 unspecified atom stereocenters. The summed E-state index contributed by atoms with van der Waals surface area (Å²) < 4.78 is 10.3. The standard InChI is InChI=1S/C19H36O3/c1-3-4-5-6-7-8-9-10-11-14-17-18(22-17)15-12-13-16-19(20)21-2/h17-18H,3-16H2,1-2H3/t17-,18-/m0/s1. The zero-order chi connectivity index (χ0) is 16.0. The van der Waals surface area contributed by atoms with E-state index in [0.717, 1.165) is 19.3 Å². The van der Waals surface area contributed by atoms with E-state index in [9.17, 15) is 4.79 Å². The molecule has 1 aliphatic heterocycles. The van der Waals surface area contributed by atoms with E-state index in [0.29, 0.717) is 18.6 Å². The van der Waals surface area contributed by atoms with Crippen molar-refractivity contribution in [3.05, 3.63) is 0 Å². The number of ether oxygens (including phenoxy) is 2. The fourth-order valence-electron chi connectivity index (χ4n) is 3.06. The Labute approximate surface area is 137 Å². The summed E-state index contributed by atoms with van der Waals surface area (Å²) in [6.07, 6.45) is 18.4. The molecule has 1 saturated heterocycles. The summed E-state index contributed by atoms with van der Waals surface area (Å²) in [5.41, 5.74) is 0. The average Bonchev–Trinajstić information content (AvgIpc) is 3.28. The highest BCUT2D eigenvalue weighted by Crippen LogP contribution is 2.31. The average molecular weight is 312 g/mol. The monoisotopic (exact) mass is 312 g/mol. The Morgan fingerprint density at radius 3 is 1.86 bits per heavy atom. The zero-order valence-corrected chi connectivity index (χ0v) is 14.8. The molecular weight excluding hydrogens is 276 g/mol. The van der Waals surface area contributed by atoms with Crippen LogP contribution in [0, 0.1) is 0 Å². The predicted molar refractivity (Wildman–Crippen MR) is 91.0 cm³/mol. The number of unbranched alkanes of at least 4 members (excludes halogenated alkanes) is 9. The van der Waals surface area contributed by atoms with Gasteiger partial charge < -0.3 is 9.47 Å². The molecule has 3 nitrogen and oxygen atoms in total. The van der Waals surface area contributed by atoms with E-state index in [4.69, 9.17) is 4.74 Å². The van der Waals surface area contributed by atoms with Gasteiger partial charge in [0.15, 0.2) is 0 Å². The van der Waals surface area contributed by atoms with Crippen molar-refractivity contribution >= 4 is 5.97 Å². The first-order chi connectivity index (χ1) is 10.8. The lowest BCUT2D eigenvalue weighted by Gasteiger charge is -2.01. The van der Waals surface area contributed by atoms with Crippen molar-refractivity contribution in [3.8, 4) is 0 Å². The topological polar surface area (TPSA) is 38.8 Å². The van der Waals surface area contributed by atoms with Crippen LogP contribution in [0.3, 0.4) is 0 Å². The molecule has 0 N–H and O–H groups in total. The van der Waals surface area contributed by atoms with Crippen LogP contribution in [0.15, 0.2) is 0 Å². The van der Waals surface area contributed by atoms with Crippen LogP contribution >= 0.6 is 0 Å². The largest absolute Gasteiger partial charge is 0.469 e. The molecule has 22 heavy (non-hydrogen) atoms. The Morgan fingerprint density at radius 2 is 1.32 bits per heavy atom. The second-order valence-corrected chi connectivity index (χ2v) is 6.65. The fourth-order valence-corrected chi connectivity index (χ4v) is 3.06. The van der Waals surface area contributed by atoms with Crippen LogP contribution < -0.4 is 0 Å². The van der Waals surface area contributed by atoms with Crippen LogP contribution in [0.1, 0.15) is 96.8 Å². The number of hydrogen-bond donors (Lipinski definition) is 0. The Bertz CT molecular complexity index is 278. The Hall–Kier alpha value is -0.570. The van der Waals surface area contributed by atoms with E-state index in [1.807, 2.05) is 0 Å². The molecule has 0 amide bonds. The van der Waals surface area contributed by atoms with Gasteiger partial charge in [0.25, 0.3) is 0 Å². The molecule has 0 aromatic carbocycles. The van der Waals surface area contributed by atoms with Gasteiger partial charge in [0, 0.05) is 6.42 Å². The minimum atomic E-state index is -0.0945. The van der Waals surface area contributed by atoms with Gasteiger partial charge in [0.1, 0.15) is 0 Å². The molecule has 130 valence electrons. The van der Waals surface area contributed by atoms with E-state index in [2.05, 4.69) is 11.7 Å².